The fraction of sp³-hybridized carbons (Fsp3) is 0.438. The summed E-state index contributed by atoms with van der Waals surface area (Å²) in [5, 5.41) is 0. The topological polar surface area (TPSA) is 35.5 Å². The van der Waals surface area contributed by atoms with E-state index < -0.39 is 8.32 Å². The quantitative estimate of drug-likeness (QED) is 0.449. The number of carbonyl (C=O) groups is 1. The van der Waals surface area contributed by atoms with Crippen LogP contribution in [0.5, 0.6) is 11.5 Å². The minimum absolute atomic E-state index is 0.205. The Morgan fingerprint density at radius 1 is 1.20 bits per heavy atom. The first-order valence-corrected chi connectivity index (χ1v) is 10.2. The molecule has 0 radical (unpaired) electrons. The van der Waals surface area contributed by atoms with E-state index in [1.54, 1.807) is 7.11 Å². The molecule has 0 atom stereocenters. The van der Waals surface area contributed by atoms with E-state index in [0.29, 0.717) is 0 Å². The van der Waals surface area contributed by atoms with E-state index in [2.05, 4.69) is 19.6 Å². The van der Waals surface area contributed by atoms with Gasteiger partial charge in [0.25, 0.3) is 0 Å². The third-order valence-corrected chi connectivity index (χ3v) is 3.57. The largest absolute Gasteiger partial charge is 0.542 e. The van der Waals surface area contributed by atoms with Crippen LogP contribution in [0.1, 0.15) is 19.4 Å². The molecule has 3 nitrogen and oxygen atoms in total. The van der Waals surface area contributed by atoms with Crippen molar-refractivity contribution in [3.8, 4) is 11.5 Å². The smallest absolute Gasteiger partial charge is 0.242 e. The number of ether oxygens (including phenoxy) is 1. The van der Waals surface area contributed by atoms with Crippen LogP contribution in [0.2, 0.25) is 19.6 Å². The van der Waals surface area contributed by atoms with Gasteiger partial charge in [-0.15, -0.1) is 0 Å². The SMILES string of the molecule is COc1ccc(/C=C(/C=O)C(C)C)cc1O[Si](C)(C)C. The second-order valence-electron chi connectivity index (χ2n) is 6.04. The summed E-state index contributed by atoms with van der Waals surface area (Å²) in [5.41, 5.74) is 1.73. The van der Waals surface area contributed by atoms with E-state index in [1.807, 2.05) is 38.1 Å². The van der Waals surface area contributed by atoms with Gasteiger partial charge in [-0.25, -0.2) is 0 Å². The normalized spacial score (nSPS) is 12.4. The summed E-state index contributed by atoms with van der Waals surface area (Å²) in [4.78, 5) is 11.1. The highest BCUT2D eigenvalue weighted by Crippen LogP contribution is 2.31. The molecule has 0 aromatic heterocycles. The van der Waals surface area contributed by atoms with Gasteiger partial charge in [0.05, 0.1) is 7.11 Å². The highest BCUT2D eigenvalue weighted by Gasteiger charge is 2.19. The van der Waals surface area contributed by atoms with Crippen molar-refractivity contribution in [3.05, 3.63) is 29.3 Å². The number of hydrogen-bond donors (Lipinski definition) is 0. The van der Waals surface area contributed by atoms with Crippen LogP contribution < -0.4 is 9.16 Å². The predicted octanol–water partition coefficient (Wildman–Crippen LogP) is 4.15. The van der Waals surface area contributed by atoms with Crippen LogP contribution >= 0.6 is 0 Å². The Morgan fingerprint density at radius 3 is 2.30 bits per heavy atom. The number of methoxy groups -OCH3 is 1. The summed E-state index contributed by atoms with van der Waals surface area (Å²) in [6.45, 7) is 10.4. The van der Waals surface area contributed by atoms with Crippen molar-refractivity contribution in [2.45, 2.75) is 33.5 Å². The zero-order valence-electron chi connectivity index (χ0n) is 13.2. The zero-order chi connectivity index (χ0) is 15.3. The van der Waals surface area contributed by atoms with Crippen LogP contribution in [0.25, 0.3) is 6.08 Å². The first kappa shape index (κ1) is 16.5. The van der Waals surface area contributed by atoms with Crippen LogP contribution in [-0.4, -0.2) is 21.7 Å². The molecule has 0 spiro atoms. The maximum absolute atomic E-state index is 11.1. The van der Waals surface area contributed by atoms with Crippen LogP contribution in [0.3, 0.4) is 0 Å². The van der Waals surface area contributed by atoms with E-state index in [4.69, 9.17) is 9.16 Å². The lowest BCUT2D eigenvalue weighted by molar-refractivity contribution is -0.105. The van der Waals surface area contributed by atoms with Crippen LogP contribution in [0.4, 0.5) is 0 Å². The van der Waals surface area contributed by atoms with Crippen molar-refractivity contribution < 1.29 is 14.0 Å². The van der Waals surface area contributed by atoms with Crippen LogP contribution in [0, 0.1) is 5.92 Å². The molecule has 0 saturated carbocycles. The maximum Gasteiger partial charge on any atom is 0.242 e. The van der Waals surface area contributed by atoms with Gasteiger partial charge in [0.1, 0.15) is 12.0 Å². The predicted molar refractivity (Wildman–Crippen MR) is 85.8 cm³/mol. The molecule has 4 heteroatoms. The molecule has 1 rings (SSSR count). The number of allylic oxidation sites excluding steroid dienone is 1. The molecule has 0 amide bonds. The molecule has 0 aliphatic heterocycles. The van der Waals surface area contributed by atoms with E-state index in [1.165, 1.54) is 0 Å². The molecule has 1 aromatic rings. The number of aldehydes is 1. The molecule has 0 unspecified atom stereocenters. The van der Waals surface area contributed by atoms with Gasteiger partial charge in [0.2, 0.25) is 8.32 Å². The number of hydrogen-bond acceptors (Lipinski definition) is 3. The van der Waals surface area contributed by atoms with E-state index in [9.17, 15) is 4.79 Å². The summed E-state index contributed by atoms with van der Waals surface area (Å²) < 4.78 is 11.4. The molecule has 0 N–H and O–H groups in total. The monoisotopic (exact) mass is 292 g/mol. The van der Waals surface area contributed by atoms with E-state index >= 15 is 0 Å². The third-order valence-electron chi connectivity index (χ3n) is 2.74. The second kappa shape index (κ2) is 6.75. The lowest BCUT2D eigenvalue weighted by Crippen LogP contribution is -2.29. The summed E-state index contributed by atoms with van der Waals surface area (Å²) >= 11 is 0. The van der Waals surface area contributed by atoms with E-state index in [0.717, 1.165) is 28.9 Å². The lowest BCUT2D eigenvalue weighted by Gasteiger charge is -2.21. The Balaban J connectivity index is 3.18. The van der Waals surface area contributed by atoms with Crippen molar-refractivity contribution in [1.29, 1.82) is 0 Å². The van der Waals surface area contributed by atoms with Gasteiger partial charge in [0.15, 0.2) is 5.75 Å². The molecule has 1 aromatic carbocycles. The van der Waals surface area contributed by atoms with Crippen molar-refractivity contribution in [1.82, 2.24) is 0 Å². The number of benzene rings is 1. The van der Waals surface area contributed by atoms with Crippen molar-refractivity contribution in [2.24, 2.45) is 5.92 Å². The van der Waals surface area contributed by atoms with Gasteiger partial charge >= 0.3 is 0 Å². The van der Waals surface area contributed by atoms with Crippen LogP contribution in [0.15, 0.2) is 23.8 Å². The first-order valence-electron chi connectivity index (χ1n) is 6.80. The molecular formula is C16H24O3Si. The molecule has 0 saturated heterocycles. The fourth-order valence-corrected chi connectivity index (χ4v) is 2.54. The second-order valence-corrected chi connectivity index (χ2v) is 10.5. The average molecular weight is 292 g/mol. The third kappa shape index (κ3) is 4.85. The summed E-state index contributed by atoms with van der Waals surface area (Å²) in [6, 6.07) is 5.74. The minimum Gasteiger partial charge on any atom is -0.542 e. The lowest BCUT2D eigenvalue weighted by atomic mass is 10.0. The van der Waals surface area contributed by atoms with Gasteiger partial charge < -0.3 is 9.16 Å². The molecule has 0 heterocycles. The van der Waals surface area contributed by atoms with Gasteiger partial charge in [-0.05, 0) is 54.9 Å². The van der Waals surface area contributed by atoms with Crippen LogP contribution in [-0.2, 0) is 4.79 Å². The molecule has 0 bridgehead atoms. The van der Waals surface area contributed by atoms with Gasteiger partial charge in [-0.2, -0.15) is 0 Å². The maximum atomic E-state index is 11.1. The van der Waals surface area contributed by atoms with Crippen molar-refractivity contribution >= 4 is 20.7 Å². The summed E-state index contributed by atoms with van der Waals surface area (Å²) in [6.07, 6.45) is 2.81. The molecule has 0 aliphatic carbocycles. The average Bonchev–Trinajstić information content (AvgIpc) is 2.34. The molecular weight excluding hydrogens is 268 g/mol. The van der Waals surface area contributed by atoms with Gasteiger partial charge in [-0.1, -0.05) is 19.9 Å². The van der Waals surface area contributed by atoms with Crippen molar-refractivity contribution in [2.75, 3.05) is 7.11 Å². The minimum atomic E-state index is -1.71. The van der Waals surface area contributed by atoms with Crippen molar-refractivity contribution in [3.63, 3.8) is 0 Å². The van der Waals surface area contributed by atoms with Gasteiger partial charge in [0, 0.05) is 0 Å². The zero-order valence-corrected chi connectivity index (χ0v) is 14.2. The molecule has 0 fully saturated rings. The molecule has 20 heavy (non-hydrogen) atoms. The molecule has 0 aliphatic rings. The Hall–Kier alpha value is -1.55. The Kier molecular flexibility index (Phi) is 5.57. The standard InChI is InChI=1S/C16H24O3Si/c1-12(2)14(11-17)9-13-7-8-15(18-3)16(10-13)19-20(4,5)6/h7-12H,1-6H3/b14-9-. The Bertz CT molecular complexity index is 499. The van der Waals surface area contributed by atoms with Gasteiger partial charge in [-0.3, -0.25) is 4.79 Å². The highest BCUT2D eigenvalue weighted by molar-refractivity contribution is 6.70. The fourth-order valence-electron chi connectivity index (χ4n) is 1.72. The first-order chi connectivity index (χ1) is 9.26. The Labute approximate surface area is 122 Å². The number of rotatable bonds is 6. The summed E-state index contributed by atoms with van der Waals surface area (Å²) in [5.74, 6) is 1.67. The summed E-state index contributed by atoms with van der Waals surface area (Å²) in [7, 11) is -0.0771. The van der Waals surface area contributed by atoms with E-state index in [-0.39, 0.29) is 5.92 Å². The highest BCUT2D eigenvalue weighted by atomic mass is 28.4. The number of carbonyl (C=O) groups excluding carboxylic acids is 1. The Morgan fingerprint density at radius 2 is 1.85 bits per heavy atom. The molecule has 110 valence electrons.